The molecule has 2 aliphatic rings. The Morgan fingerprint density at radius 2 is 1.55 bits per heavy atom. The lowest BCUT2D eigenvalue weighted by Gasteiger charge is -2.58. The number of aromatic amines is 1. The summed E-state index contributed by atoms with van der Waals surface area (Å²) in [7, 11) is 4.51. The standard InChI is InChI=1S/C26H33N3/c1-18-16-25(29(3)4,20-10-6-5-7-11-20)17-19(2)26(18)24-22(14-15-27-26)21-12-8-9-13-23(21)28-24/h5-13,18-19,27-28H,14-17H2,1-4H3. The van der Waals surface area contributed by atoms with Gasteiger partial charge < -0.3 is 10.3 Å². The third-order valence-corrected chi connectivity index (χ3v) is 8.03. The molecule has 0 saturated heterocycles. The van der Waals surface area contributed by atoms with Crippen LogP contribution < -0.4 is 5.32 Å². The van der Waals surface area contributed by atoms with E-state index in [0.29, 0.717) is 11.8 Å². The van der Waals surface area contributed by atoms with E-state index in [1.54, 1.807) is 0 Å². The number of nitrogens with one attached hydrogen (secondary N) is 2. The van der Waals surface area contributed by atoms with Crippen LogP contribution in [-0.2, 0) is 17.5 Å². The van der Waals surface area contributed by atoms with Crippen molar-refractivity contribution < 1.29 is 0 Å². The molecule has 0 amide bonds. The molecular formula is C26H33N3. The first-order valence-electron chi connectivity index (χ1n) is 11.1. The van der Waals surface area contributed by atoms with E-state index >= 15 is 0 Å². The van der Waals surface area contributed by atoms with Gasteiger partial charge in [0.25, 0.3) is 0 Å². The van der Waals surface area contributed by atoms with Crippen LogP contribution in [0.5, 0.6) is 0 Å². The van der Waals surface area contributed by atoms with Crippen molar-refractivity contribution >= 4 is 10.9 Å². The van der Waals surface area contributed by atoms with Gasteiger partial charge in [-0.3, -0.25) is 4.90 Å². The molecule has 3 nitrogen and oxygen atoms in total. The summed E-state index contributed by atoms with van der Waals surface area (Å²) < 4.78 is 0. The third kappa shape index (κ3) is 2.57. The first-order valence-corrected chi connectivity index (χ1v) is 11.1. The van der Waals surface area contributed by atoms with Crippen molar-refractivity contribution in [1.82, 2.24) is 15.2 Å². The predicted octanol–water partition coefficient (Wildman–Crippen LogP) is 5.03. The van der Waals surface area contributed by atoms with Crippen LogP contribution in [0.1, 0.15) is 43.5 Å². The maximum Gasteiger partial charge on any atom is 0.0643 e. The Morgan fingerprint density at radius 1 is 0.897 bits per heavy atom. The van der Waals surface area contributed by atoms with Crippen LogP contribution >= 0.6 is 0 Å². The minimum atomic E-state index is 0.0148. The number of aromatic nitrogens is 1. The van der Waals surface area contributed by atoms with Crippen LogP contribution in [0.15, 0.2) is 54.6 Å². The summed E-state index contributed by atoms with van der Waals surface area (Å²) in [4.78, 5) is 6.33. The first-order chi connectivity index (χ1) is 14.0. The highest BCUT2D eigenvalue weighted by atomic mass is 15.2. The molecule has 152 valence electrons. The summed E-state index contributed by atoms with van der Waals surface area (Å²) in [5, 5.41) is 5.44. The summed E-state index contributed by atoms with van der Waals surface area (Å²) >= 11 is 0. The smallest absolute Gasteiger partial charge is 0.0643 e. The van der Waals surface area contributed by atoms with Gasteiger partial charge in [0.05, 0.1) is 5.54 Å². The zero-order valence-corrected chi connectivity index (χ0v) is 18.1. The summed E-state index contributed by atoms with van der Waals surface area (Å²) in [6, 6.07) is 20.0. The second kappa shape index (κ2) is 6.72. The van der Waals surface area contributed by atoms with Crippen LogP contribution in [0, 0.1) is 11.8 Å². The van der Waals surface area contributed by atoms with Gasteiger partial charge in [-0.15, -0.1) is 0 Å². The van der Waals surface area contributed by atoms with Gasteiger partial charge in [-0.25, -0.2) is 0 Å². The van der Waals surface area contributed by atoms with Crippen molar-refractivity contribution in [3.63, 3.8) is 0 Å². The minimum absolute atomic E-state index is 0.0148. The second-order valence-electron chi connectivity index (χ2n) is 9.57. The highest BCUT2D eigenvalue weighted by molar-refractivity contribution is 5.85. The van der Waals surface area contributed by atoms with E-state index in [0.717, 1.165) is 25.8 Å². The molecule has 29 heavy (non-hydrogen) atoms. The molecule has 0 radical (unpaired) electrons. The highest BCUT2D eigenvalue weighted by Crippen LogP contribution is 2.55. The van der Waals surface area contributed by atoms with Crippen molar-refractivity contribution in [2.75, 3.05) is 20.6 Å². The van der Waals surface area contributed by atoms with Gasteiger partial charge >= 0.3 is 0 Å². The number of hydrogen-bond donors (Lipinski definition) is 2. The third-order valence-electron chi connectivity index (χ3n) is 8.03. The van der Waals surface area contributed by atoms with E-state index in [2.05, 4.69) is 97.7 Å². The topological polar surface area (TPSA) is 31.1 Å². The van der Waals surface area contributed by atoms with Gasteiger partial charge in [-0.1, -0.05) is 62.4 Å². The molecule has 3 heteroatoms. The van der Waals surface area contributed by atoms with Crippen molar-refractivity contribution in [2.45, 2.75) is 44.2 Å². The minimum Gasteiger partial charge on any atom is -0.357 e. The van der Waals surface area contributed by atoms with E-state index in [9.17, 15) is 0 Å². The number of fused-ring (bicyclic) bond motifs is 4. The Hall–Kier alpha value is -2.10. The Labute approximate surface area is 174 Å². The molecule has 2 N–H and O–H groups in total. The molecule has 2 atom stereocenters. The quantitative estimate of drug-likeness (QED) is 0.646. The fraction of sp³-hybridized carbons (Fsp3) is 0.462. The van der Waals surface area contributed by atoms with Crippen LogP contribution in [0.3, 0.4) is 0 Å². The monoisotopic (exact) mass is 387 g/mol. The number of nitrogens with zero attached hydrogens (tertiary/aromatic N) is 1. The van der Waals surface area contributed by atoms with Gasteiger partial charge in [0, 0.05) is 28.7 Å². The normalized spacial score (nSPS) is 32.0. The Balaban J connectivity index is 1.63. The van der Waals surface area contributed by atoms with E-state index in [1.807, 2.05) is 0 Å². The van der Waals surface area contributed by atoms with E-state index in [1.165, 1.54) is 27.7 Å². The number of H-pyrrole nitrogens is 1. The molecule has 0 bridgehead atoms. The average Bonchev–Trinajstić information content (AvgIpc) is 3.12. The predicted molar refractivity (Wildman–Crippen MR) is 121 cm³/mol. The number of benzene rings is 2. The van der Waals surface area contributed by atoms with Crippen molar-refractivity contribution in [1.29, 1.82) is 0 Å². The summed E-state index contributed by atoms with van der Waals surface area (Å²) in [5.74, 6) is 1.03. The molecule has 1 aliphatic heterocycles. The SMILES string of the molecule is CC1CC(c2ccccc2)(N(C)C)CC(C)C12NCCc1c2[nH]c2ccccc12. The molecule has 1 aliphatic carbocycles. The van der Waals surface area contributed by atoms with E-state index in [4.69, 9.17) is 0 Å². The molecule has 1 saturated carbocycles. The Bertz CT molecular complexity index is 1000. The molecule has 2 unspecified atom stereocenters. The number of hydrogen-bond acceptors (Lipinski definition) is 2. The summed E-state index contributed by atoms with van der Waals surface area (Å²) in [6.07, 6.45) is 3.41. The zero-order valence-electron chi connectivity index (χ0n) is 18.1. The lowest BCUT2D eigenvalue weighted by Crippen LogP contribution is -2.63. The molecule has 3 aromatic rings. The fourth-order valence-corrected chi connectivity index (χ4v) is 6.65. The maximum absolute atomic E-state index is 4.03. The Kier molecular flexibility index (Phi) is 4.38. The maximum atomic E-state index is 4.03. The lowest BCUT2D eigenvalue weighted by atomic mass is 9.56. The largest absolute Gasteiger partial charge is 0.357 e. The van der Waals surface area contributed by atoms with Crippen LogP contribution in [-0.4, -0.2) is 30.5 Å². The first kappa shape index (κ1) is 18.9. The van der Waals surface area contributed by atoms with Gasteiger partial charge in [0.1, 0.15) is 0 Å². The summed E-state index contributed by atoms with van der Waals surface area (Å²) in [6.45, 7) is 5.98. The zero-order chi connectivity index (χ0) is 20.2. The van der Waals surface area contributed by atoms with Crippen molar-refractivity contribution in [2.24, 2.45) is 11.8 Å². The molecule has 2 aromatic carbocycles. The second-order valence-corrected chi connectivity index (χ2v) is 9.57. The van der Waals surface area contributed by atoms with Crippen LogP contribution in [0.2, 0.25) is 0 Å². The van der Waals surface area contributed by atoms with Crippen LogP contribution in [0.4, 0.5) is 0 Å². The van der Waals surface area contributed by atoms with E-state index in [-0.39, 0.29) is 11.1 Å². The molecule has 1 spiro atoms. The van der Waals surface area contributed by atoms with Crippen molar-refractivity contribution in [3.05, 3.63) is 71.4 Å². The highest BCUT2D eigenvalue weighted by Gasteiger charge is 2.56. The molecule has 1 fully saturated rings. The lowest BCUT2D eigenvalue weighted by molar-refractivity contribution is -0.0300. The number of para-hydroxylation sites is 1. The molecule has 2 heterocycles. The van der Waals surface area contributed by atoms with Gasteiger partial charge in [0.2, 0.25) is 0 Å². The van der Waals surface area contributed by atoms with Crippen molar-refractivity contribution in [3.8, 4) is 0 Å². The molecule has 1 aromatic heterocycles. The molecular weight excluding hydrogens is 354 g/mol. The fourth-order valence-electron chi connectivity index (χ4n) is 6.65. The van der Waals surface area contributed by atoms with Gasteiger partial charge in [0.15, 0.2) is 0 Å². The Morgan fingerprint density at radius 3 is 2.24 bits per heavy atom. The van der Waals surface area contributed by atoms with E-state index < -0.39 is 0 Å². The summed E-state index contributed by atoms with van der Waals surface area (Å²) in [5.41, 5.74) is 5.82. The van der Waals surface area contributed by atoms with Gasteiger partial charge in [-0.05, 0) is 62.4 Å². The molecule has 5 rings (SSSR count). The number of rotatable bonds is 2. The average molecular weight is 388 g/mol. The van der Waals surface area contributed by atoms with Crippen LogP contribution in [0.25, 0.3) is 10.9 Å². The van der Waals surface area contributed by atoms with Gasteiger partial charge in [-0.2, -0.15) is 0 Å².